The van der Waals surface area contributed by atoms with Crippen molar-refractivity contribution < 1.29 is 27.4 Å². The lowest BCUT2D eigenvalue weighted by Gasteiger charge is -2.09. The zero-order chi connectivity index (χ0) is 19.9. The zero-order valence-corrected chi connectivity index (χ0v) is 14.2. The summed E-state index contributed by atoms with van der Waals surface area (Å²) in [6, 6.07) is 10.9. The van der Waals surface area contributed by atoms with E-state index in [4.69, 9.17) is 14.7 Å². The van der Waals surface area contributed by atoms with Crippen molar-refractivity contribution in [2.24, 2.45) is 0 Å². The van der Waals surface area contributed by atoms with E-state index in [0.29, 0.717) is 17.1 Å². The zero-order valence-electron chi connectivity index (χ0n) is 14.2. The predicted octanol–water partition coefficient (Wildman–Crippen LogP) is 4.27. The number of methoxy groups -OCH3 is 1. The van der Waals surface area contributed by atoms with E-state index in [1.807, 2.05) is 6.07 Å². The van der Waals surface area contributed by atoms with E-state index in [1.165, 1.54) is 31.4 Å². The monoisotopic (exact) mass is 376 g/mol. The fraction of sp³-hybridized carbons (Fsp3) is 0.158. The summed E-state index contributed by atoms with van der Waals surface area (Å²) in [5, 5.41) is 11.0. The highest BCUT2D eigenvalue weighted by atomic mass is 19.4. The van der Waals surface area contributed by atoms with Crippen LogP contribution < -0.4 is 14.8 Å². The van der Waals surface area contributed by atoms with Gasteiger partial charge in [-0.15, -0.1) is 0 Å². The molecule has 5 nitrogen and oxygen atoms in total. The van der Waals surface area contributed by atoms with Gasteiger partial charge < -0.3 is 14.8 Å². The third-order valence-electron chi connectivity index (χ3n) is 3.39. The minimum absolute atomic E-state index is 0.124. The molecule has 2 aromatic rings. The van der Waals surface area contributed by atoms with E-state index in [2.05, 4.69) is 5.32 Å². The van der Waals surface area contributed by atoms with Crippen molar-refractivity contribution in [3.8, 4) is 17.6 Å². The van der Waals surface area contributed by atoms with Gasteiger partial charge in [0.05, 0.1) is 12.7 Å². The van der Waals surface area contributed by atoms with Gasteiger partial charge in [-0.05, 0) is 48.0 Å². The molecular weight excluding hydrogens is 361 g/mol. The fourth-order valence-corrected chi connectivity index (χ4v) is 2.12. The molecule has 0 saturated heterocycles. The predicted molar refractivity (Wildman–Crippen MR) is 93.2 cm³/mol. The van der Waals surface area contributed by atoms with Gasteiger partial charge in [0, 0.05) is 11.8 Å². The molecule has 0 aliphatic rings. The van der Waals surface area contributed by atoms with E-state index in [0.717, 1.165) is 12.1 Å². The molecule has 1 amide bonds. The number of halogens is 3. The van der Waals surface area contributed by atoms with Crippen LogP contribution in [0.4, 0.5) is 18.9 Å². The molecule has 0 radical (unpaired) electrons. The quantitative estimate of drug-likeness (QED) is 0.765. The molecule has 1 N–H and O–H groups in total. The molecule has 2 rings (SSSR count). The maximum atomic E-state index is 12.5. The number of alkyl halides is 3. The Kier molecular flexibility index (Phi) is 6.44. The largest absolute Gasteiger partial charge is 0.493 e. The van der Waals surface area contributed by atoms with Crippen LogP contribution in [0.15, 0.2) is 48.5 Å². The van der Waals surface area contributed by atoms with Crippen LogP contribution in [0.5, 0.6) is 11.5 Å². The smallest absolute Gasteiger partial charge is 0.416 e. The highest BCUT2D eigenvalue weighted by Crippen LogP contribution is 2.30. The number of anilines is 1. The van der Waals surface area contributed by atoms with Gasteiger partial charge in [-0.3, -0.25) is 4.79 Å². The van der Waals surface area contributed by atoms with Crippen LogP contribution in [0.1, 0.15) is 11.1 Å². The third kappa shape index (κ3) is 5.78. The van der Waals surface area contributed by atoms with Crippen LogP contribution in [-0.4, -0.2) is 19.6 Å². The maximum absolute atomic E-state index is 12.5. The molecule has 0 heterocycles. The second-order valence-electron chi connectivity index (χ2n) is 5.25. The number of nitriles is 1. The molecule has 0 fully saturated rings. The van der Waals surface area contributed by atoms with Crippen LogP contribution in [-0.2, 0) is 11.0 Å². The van der Waals surface area contributed by atoms with Gasteiger partial charge >= 0.3 is 6.18 Å². The number of hydrogen-bond donors (Lipinski definition) is 1. The van der Waals surface area contributed by atoms with Gasteiger partial charge in [0.15, 0.2) is 18.1 Å². The minimum atomic E-state index is -4.43. The topological polar surface area (TPSA) is 71.3 Å². The Labute approximate surface area is 153 Å². The molecule has 0 aromatic heterocycles. The number of carbonyl (C=O) groups excluding carboxylic acids is 1. The lowest BCUT2D eigenvalue weighted by molar-refractivity contribution is -0.137. The second-order valence-corrected chi connectivity index (χ2v) is 5.25. The molecule has 27 heavy (non-hydrogen) atoms. The SMILES string of the molecule is COc1cc(C=CC(=O)Nc2ccc(C(F)(F)F)cc2)ccc1OCC#N. The molecule has 140 valence electrons. The molecule has 2 aromatic carbocycles. The summed E-state index contributed by atoms with van der Waals surface area (Å²) >= 11 is 0. The molecular formula is C19H15F3N2O3. The second kappa shape index (κ2) is 8.76. The van der Waals surface area contributed by atoms with Crippen molar-refractivity contribution in [3.63, 3.8) is 0 Å². The van der Waals surface area contributed by atoms with Crippen LogP contribution in [0, 0.1) is 11.3 Å². The van der Waals surface area contributed by atoms with Gasteiger partial charge in [-0.25, -0.2) is 0 Å². The molecule has 0 aliphatic heterocycles. The number of carbonyl (C=O) groups is 1. The first kappa shape index (κ1) is 19.8. The van der Waals surface area contributed by atoms with E-state index < -0.39 is 17.6 Å². The van der Waals surface area contributed by atoms with Crippen LogP contribution >= 0.6 is 0 Å². The number of nitrogens with one attached hydrogen (secondary N) is 1. The van der Waals surface area contributed by atoms with E-state index in [1.54, 1.807) is 18.2 Å². The number of hydrogen-bond acceptors (Lipinski definition) is 4. The molecule has 0 aliphatic carbocycles. The first-order chi connectivity index (χ1) is 12.8. The van der Waals surface area contributed by atoms with Crippen molar-refractivity contribution in [1.82, 2.24) is 0 Å². The molecule has 8 heteroatoms. The van der Waals surface area contributed by atoms with Crippen molar-refractivity contribution in [3.05, 3.63) is 59.7 Å². The maximum Gasteiger partial charge on any atom is 0.416 e. The summed E-state index contributed by atoms with van der Waals surface area (Å²) in [7, 11) is 1.44. The Bertz CT molecular complexity index is 869. The van der Waals surface area contributed by atoms with Crippen LogP contribution in [0.2, 0.25) is 0 Å². The summed E-state index contributed by atoms with van der Waals surface area (Å²) in [5.74, 6) is 0.291. The molecule has 0 saturated carbocycles. The summed E-state index contributed by atoms with van der Waals surface area (Å²) in [6.07, 6.45) is -1.68. The fourth-order valence-electron chi connectivity index (χ4n) is 2.12. The highest BCUT2D eigenvalue weighted by molar-refractivity contribution is 6.01. The van der Waals surface area contributed by atoms with Gasteiger partial charge in [-0.2, -0.15) is 18.4 Å². The van der Waals surface area contributed by atoms with Crippen molar-refractivity contribution in [2.45, 2.75) is 6.18 Å². The minimum Gasteiger partial charge on any atom is -0.493 e. The molecule has 0 unspecified atom stereocenters. The normalized spacial score (nSPS) is 11.1. The van der Waals surface area contributed by atoms with Crippen molar-refractivity contribution in [1.29, 1.82) is 5.26 Å². The van der Waals surface area contributed by atoms with Crippen molar-refractivity contribution >= 4 is 17.7 Å². The Morgan fingerprint density at radius 3 is 2.48 bits per heavy atom. The number of ether oxygens (including phenoxy) is 2. The van der Waals surface area contributed by atoms with Crippen LogP contribution in [0.3, 0.4) is 0 Å². The first-order valence-electron chi connectivity index (χ1n) is 7.67. The third-order valence-corrected chi connectivity index (χ3v) is 3.39. The molecule has 0 bridgehead atoms. The van der Waals surface area contributed by atoms with Crippen molar-refractivity contribution in [2.75, 3.05) is 19.0 Å². The summed E-state index contributed by atoms with van der Waals surface area (Å²) in [4.78, 5) is 11.9. The van der Waals surface area contributed by atoms with Crippen LogP contribution in [0.25, 0.3) is 6.08 Å². The lowest BCUT2D eigenvalue weighted by atomic mass is 10.2. The summed E-state index contributed by atoms with van der Waals surface area (Å²) in [6.45, 7) is -0.124. The van der Waals surface area contributed by atoms with Gasteiger partial charge in [0.25, 0.3) is 0 Å². The Hall–Kier alpha value is -3.47. The Balaban J connectivity index is 2.03. The number of amides is 1. The molecule has 0 atom stereocenters. The first-order valence-corrected chi connectivity index (χ1v) is 7.67. The van der Waals surface area contributed by atoms with E-state index >= 15 is 0 Å². The summed E-state index contributed by atoms with van der Waals surface area (Å²) in [5.41, 5.74) is 0.0936. The average Bonchev–Trinajstić information content (AvgIpc) is 2.64. The Morgan fingerprint density at radius 2 is 1.89 bits per heavy atom. The van der Waals surface area contributed by atoms with Gasteiger partial charge in [0.1, 0.15) is 6.07 Å². The highest BCUT2D eigenvalue weighted by Gasteiger charge is 2.29. The van der Waals surface area contributed by atoms with E-state index in [-0.39, 0.29) is 12.3 Å². The Morgan fingerprint density at radius 1 is 1.19 bits per heavy atom. The number of rotatable bonds is 6. The van der Waals surface area contributed by atoms with Gasteiger partial charge in [-0.1, -0.05) is 6.07 Å². The molecule has 0 spiro atoms. The lowest BCUT2D eigenvalue weighted by Crippen LogP contribution is -2.09. The standard InChI is InChI=1S/C19H15F3N2O3/c1-26-17-12-13(2-8-16(17)27-11-10-23)3-9-18(25)24-15-6-4-14(5-7-15)19(20,21)22/h2-9,12H,11H2,1H3,(H,24,25). The number of benzene rings is 2. The summed E-state index contributed by atoms with van der Waals surface area (Å²) < 4.78 is 47.9. The van der Waals surface area contributed by atoms with E-state index in [9.17, 15) is 18.0 Å². The average molecular weight is 376 g/mol. The van der Waals surface area contributed by atoms with Gasteiger partial charge in [0.2, 0.25) is 5.91 Å². The number of nitrogens with zero attached hydrogens (tertiary/aromatic N) is 1.